The van der Waals surface area contributed by atoms with Crippen molar-refractivity contribution in [3.05, 3.63) is 64.1 Å². The van der Waals surface area contributed by atoms with E-state index in [0.717, 1.165) is 30.8 Å². The minimum absolute atomic E-state index is 0. The Balaban J connectivity index is 0.00000274. The van der Waals surface area contributed by atoms with Crippen molar-refractivity contribution in [2.24, 2.45) is 17.8 Å². The van der Waals surface area contributed by atoms with Gasteiger partial charge in [0.15, 0.2) is 0 Å². The summed E-state index contributed by atoms with van der Waals surface area (Å²) in [5.74, 6) is -0.600. The monoisotopic (exact) mass is 546 g/mol. The molecule has 3 fully saturated rings. The van der Waals surface area contributed by atoms with Gasteiger partial charge in [0.25, 0.3) is 0 Å². The zero-order chi connectivity index (χ0) is 23.1. The second-order valence-corrected chi connectivity index (χ2v) is 10.3. The van der Waals surface area contributed by atoms with Gasteiger partial charge in [-0.15, -0.1) is 12.4 Å². The molecule has 4 atom stereocenters. The number of hydrogen-bond acceptors (Lipinski definition) is 5. The molecule has 2 amide bonds. The van der Waals surface area contributed by atoms with Crippen LogP contribution in [0.4, 0.5) is 5.69 Å². The zero-order valence-corrected chi connectivity index (χ0v) is 21.4. The number of carbonyl (C=O) groups excluding carboxylic acids is 3. The molecule has 5 rings (SSSR count). The molecule has 2 heterocycles. The van der Waals surface area contributed by atoms with Gasteiger partial charge in [0, 0.05) is 41.9 Å². The standard InChI is InChI=1S/C26H27BrN2O4.ClH/c1-16-11-24(30)29(25(16)31)23-10-8-19(27)12-20(23)26(32)33-15-21-18-7-9-22(21)28(14-18)13-17-5-3-2-4-6-17;/h2-6,8,10,12,16,18,21-22H,7,9,11,13-15H2,1H3;1H. The molecule has 2 aromatic rings. The van der Waals surface area contributed by atoms with Crippen LogP contribution in [0.15, 0.2) is 53.0 Å². The van der Waals surface area contributed by atoms with E-state index in [9.17, 15) is 14.4 Å². The molecule has 1 aliphatic carbocycles. The summed E-state index contributed by atoms with van der Waals surface area (Å²) in [6.07, 6.45) is 2.44. The fourth-order valence-corrected chi connectivity index (χ4v) is 6.01. The lowest BCUT2D eigenvalue weighted by Gasteiger charge is -2.27. The second-order valence-electron chi connectivity index (χ2n) is 9.42. The minimum atomic E-state index is -0.493. The SMILES string of the molecule is CC1CC(=O)N(c2ccc(Br)cc2C(=O)OCC2C3CCC2N(Cc2ccccc2)C3)C1=O.Cl. The Kier molecular flexibility index (Phi) is 7.45. The second kappa shape index (κ2) is 10.2. The third-order valence-corrected chi connectivity index (χ3v) is 7.79. The number of anilines is 1. The van der Waals surface area contributed by atoms with E-state index in [-0.39, 0.29) is 42.1 Å². The number of halogens is 2. The summed E-state index contributed by atoms with van der Waals surface area (Å²) < 4.78 is 6.50. The molecule has 8 heteroatoms. The van der Waals surface area contributed by atoms with Gasteiger partial charge in [0.05, 0.1) is 17.9 Å². The first-order valence-corrected chi connectivity index (χ1v) is 12.3. The molecule has 0 spiro atoms. The van der Waals surface area contributed by atoms with Crippen molar-refractivity contribution in [1.29, 1.82) is 0 Å². The van der Waals surface area contributed by atoms with Crippen molar-refractivity contribution in [2.45, 2.75) is 38.8 Å². The molecule has 34 heavy (non-hydrogen) atoms. The Morgan fingerprint density at radius 3 is 2.59 bits per heavy atom. The quantitative estimate of drug-likeness (QED) is 0.383. The van der Waals surface area contributed by atoms with E-state index in [1.165, 1.54) is 5.56 Å². The summed E-state index contributed by atoms with van der Waals surface area (Å²) in [4.78, 5) is 41.8. The predicted octanol–water partition coefficient (Wildman–Crippen LogP) is 4.84. The number of benzene rings is 2. The van der Waals surface area contributed by atoms with E-state index in [1.807, 2.05) is 6.07 Å². The normalized spacial score (nSPS) is 26.1. The van der Waals surface area contributed by atoms with Gasteiger partial charge in [-0.3, -0.25) is 14.5 Å². The Bertz CT molecular complexity index is 1100. The van der Waals surface area contributed by atoms with Gasteiger partial charge in [-0.25, -0.2) is 9.69 Å². The van der Waals surface area contributed by atoms with Crippen molar-refractivity contribution < 1.29 is 19.1 Å². The molecule has 0 aromatic heterocycles. The van der Waals surface area contributed by atoms with Crippen LogP contribution in [0.25, 0.3) is 0 Å². The lowest BCUT2D eigenvalue weighted by molar-refractivity contribution is -0.122. The van der Waals surface area contributed by atoms with Crippen molar-refractivity contribution in [3.8, 4) is 0 Å². The number of nitrogens with zero attached hydrogens (tertiary/aromatic N) is 2. The molecule has 0 radical (unpaired) electrons. The fraction of sp³-hybridized carbons (Fsp3) is 0.423. The number of imide groups is 1. The van der Waals surface area contributed by atoms with Gasteiger partial charge in [-0.05, 0) is 42.5 Å². The van der Waals surface area contributed by atoms with Crippen LogP contribution in [-0.2, 0) is 20.9 Å². The largest absolute Gasteiger partial charge is 0.462 e. The molecule has 2 aromatic carbocycles. The number of carbonyl (C=O) groups is 3. The Labute approximate surface area is 214 Å². The van der Waals surface area contributed by atoms with Crippen molar-refractivity contribution in [1.82, 2.24) is 4.90 Å². The highest BCUT2D eigenvalue weighted by molar-refractivity contribution is 9.10. The zero-order valence-electron chi connectivity index (χ0n) is 19.0. The van der Waals surface area contributed by atoms with Crippen molar-refractivity contribution in [2.75, 3.05) is 18.1 Å². The molecule has 2 saturated heterocycles. The lowest BCUT2D eigenvalue weighted by atomic mass is 9.99. The number of likely N-dealkylation sites (tertiary alicyclic amines) is 1. The average molecular weight is 548 g/mol. The summed E-state index contributed by atoms with van der Waals surface area (Å²) in [6.45, 7) is 4.02. The number of fused-ring (bicyclic) bond motifs is 2. The molecule has 180 valence electrons. The van der Waals surface area contributed by atoms with Crippen LogP contribution in [0.3, 0.4) is 0 Å². The van der Waals surface area contributed by atoms with Gasteiger partial charge < -0.3 is 4.74 Å². The lowest BCUT2D eigenvalue weighted by Crippen LogP contribution is -2.34. The average Bonchev–Trinajstić information content (AvgIpc) is 3.43. The molecule has 0 N–H and O–H groups in total. The van der Waals surface area contributed by atoms with Gasteiger partial charge in [0.2, 0.25) is 11.8 Å². The van der Waals surface area contributed by atoms with Crippen LogP contribution in [0.1, 0.15) is 42.1 Å². The van der Waals surface area contributed by atoms with Crippen LogP contribution in [0, 0.1) is 17.8 Å². The summed E-state index contributed by atoms with van der Waals surface area (Å²) in [5, 5.41) is 0. The molecule has 3 aliphatic rings. The Hall–Kier alpha value is -2.22. The first-order chi connectivity index (χ1) is 15.9. The number of amides is 2. The van der Waals surface area contributed by atoms with E-state index in [1.54, 1.807) is 25.1 Å². The highest BCUT2D eigenvalue weighted by atomic mass is 79.9. The molecular formula is C26H28BrClN2O4. The van der Waals surface area contributed by atoms with Gasteiger partial charge >= 0.3 is 5.97 Å². The van der Waals surface area contributed by atoms with Crippen LogP contribution in [0.2, 0.25) is 0 Å². The highest BCUT2D eigenvalue weighted by Gasteiger charge is 2.47. The molecule has 6 nitrogen and oxygen atoms in total. The molecule has 2 bridgehead atoms. The topological polar surface area (TPSA) is 66.9 Å². The first kappa shape index (κ1) is 24.9. The van der Waals surface area contributed by atoms with Crippen LogP contribution >= 0.6 is 28.3 Å². The highest BCUT2D eigenvalue weighted by Crippen LogP contribution is 2.43. The maximum Gasteiger partial charge on any atom is 0.340 e. The number of rotatable bonds is 6. The van der Waals surface area contributed by atoms with Crippen molar-refractivity contribution >= 4 is 51.8 Å². The summed E-state index contributed by atoms with van der Waals surface area (Å²) in [7, 11) is 0. The smallest absolute Gasteiger partial charge is 0.340 e. The Morgan fingerprint density at radius 2 is 1.88 bits per heavy atom. The Morgan fingerprint density at radius 1 is 1.12 bits per heavy atom. The number of ether oxygens (including phenoxy) is 1. The van der Waals surface area contributed by atoms with Gasteiger partial charge in [-0.1, -0.05) is 53.2 Å². The molecular weight excluding hydrogens is 520 g/mol. The van der Waals surface area contributed by atoms with E-state index in [2.05, 4.69) is 45.1 Å². The maximum absolute atomic E-state index is 13.1. The van der Waals surface area contributed by atoms with Crippen LogP contribution in [-0.4, -0.2) is 41.9 Å². The van der Waals surface area contributed by atoms with Crippen LogP contribution in [0.5, 0.6) is 0 Å². The van der Waals surface area contributed by atoms with Gasteiger partial charge in [-0.2, -0.15) is 0 Å². The maximum atomic E-state index is 13.1. The summed E-state index contributed by atoms with van der Waals surface area (Å²) in [6, 6.07) is 15.9. The van der Waals surface area contributed by atoms with E-state index >= 15 is 0 Å². The first-order valence-electron chi connectivity index (χ1n) is 11.5. The molecule has 4 unspecified atom stereocenters. The molecule has 1 saturated carbocycles. The predicted molar refractivity (Wildman–Crippen MR) is 135 cm³/mol. The van der Waals surface area contributed by atoms with E-state index in [0.29, 0.717) is 34.6 Å². The fourth-order valence-electron chi connectivity index (χ4n) is 5.64. The molecule has 2 aliphatic heterocycles. The minimum Gasteiger partial charge on any atom is -0.462 e. The number of piperidine rings is 1. The third-order valence-electron chi connectivity index (χ3n) is 7.30. The third kappa shape index (κ3) is 4.66. The number of hydrogen-bond donors (Lipinski definition) is 0. The van der Waals surface area contributed by atoms with E-state index in [4.69, 9.17) is 4.74 Å². The summed E-state index contributed by atoms with van der Waals surface area (Å²) >= 11 is 3.40. The van der Waals surface area contributed by atoms with Crippen LogP contribution < -0.4 is 4.90 Å². The summed E-state index contributed by atoms with van der Waals surface area (Å²) in [5.41, 5.74) is 1.85. The van der Waals surface area contributed by atoms with Crippen molar-refractivity contribution in [3.63, 3.8) is 0 Å². The van der Waals surface area contributed by atoms with Gasteiger partial charge in [0.1, 0.15) is 0 Å². The number of esters is 1. The van der Waals surface area contributed by atoms with E-state index < -0.39 is 5.97 Å².